The molecule has 3 fully saturated rings. The van der Waals surface area contributed by atoms with E-state index in [1.165, 1.54) is 18.0 Å². The van der Waals surface area contributed by atoms with Gasteiger partial charge in [0.2, 0.25) is 5.91 Å². The molecule has 3 aliphatic rings. The number of carbonyl (C=O) groups excluding carboxylic acids is 1. The summed E-state index contributed by atoms with van der Waals surface area (Å²) in [6.45, 7) is 6.23. The van der Waals surface area contributed by atoms with Gasteiger partial charge in [-0.2, -0.15) is 13.2 Å². The highest BCUT2D eigenvalue weighted by atomic mass is 35.5. The number of fused-ring (bicyclic) bond motifs is 1. The van der Waals surface area contributed by atoms with Crippen molar-refractivity contribution in [1.29, 1.82) is 0 Å². The fourth-order valence-corrected chi connectivity index (χ4v) is 6.22. The number of amides is 1. The fraction of sp³-hybridized carbons (Fsp3) is 0.571. The first-order chi connectivity index (χ1) is 17.2. The lowest BCUT2D eigenvalue weighted by atomic mass is 9.91. The molecule has 3 atom stereocenters. The number of nitrogens with zero attached hydrogens (tertiary/aromatic N) is 4. The van der Waals surface area contributed by atoms with Crippen LogP contribution in [0.15, 0.2) is 42.7 Å². The van der Waals surface area contributed by atoms with Gasteiger partial charge in [-0.3, -0.25) is 9.78 Å². The van der Waals surface area contributed by atoms with Gasteiger partial charge in [-0.05, 0) is 72.9 Å². The summed E-state index contributed by atoms with van der Waals surface area (Å²) in [4.78, 5) is 23.5. The molecule has 9 heteroatoms. The Morgan fingerprint density at radius 3 is 2.41 bits per heavy atom. The van der Waals surface area contributed by atoms with Gasteiger partial charge in [0, 0.05) is 75.3 Å². The molecule has 0 spiro atoms. The van der Waals surface area contributed by atoms with Crippen molar-refractivity contribution in [2.45, 2.75) is 39.3 Å². The first kappa shape index (κ1) is 27.7. The number of aromatic nitrogens is 1. The van der Waals surface area contributed by atoms with E-state index in [0.717, 1.165) is 63.3 Å². The molecular weight excluding hydrogens is 501 g/mol. The van der Waals surface area contributed by atoms with Crippen LogP contribution in [0.25, 0.3) is 0 Å². The zero-order chi connectivity index (χ0) is 25.3. The standard InChI is InChI=1S/C27H32ClF3N4O.CH4/c28-24-3-5-25(6-4-24)35-17-21-15-33(16-22(21)18-35)9-7-26(36)34-8-1-2-19(14-34)10-20-11-23(13-32-12-20)27(29,30)31;/h3-6,11-13,19,21-22H,1-2,7-10,14-18H2;1H4/t19-,21?,22?;/m1./s1. The van der Waals surface area contributed by atoms with Crippen molar-refractivity contribution >= 4 is 23.2 Å². The third-order valence-corrected chi connectivity index (χ3v) is 8.17. The van der Waals surface area contributed by atoms with Gasteiger partial charge in [0.15, 0.2) is 0 Å². The Morgan fingerprint density at radius 2 is 1.73 bits per heavy atom. The van der Waals surface area contributed by atoms with E-state index in [0.29, 0.717) is 36.8 Å². The molecule has 5 nitrogen and oxygen atoms in total. The first-order valence-electron chi connectivity index (χ1n) is 12.8. The van der Waals surface area contributed by atoms with E-state index in [1.807, 2.05) is 17.0 Å². The van der Waals surface area contributed by atoms with Crippen LogP contribution in [0.5, 0.6) is 0 Å². The Labute approximate surface area is 222 Å². The Morgan fingerprint density at radius 1 is 1.03 bits per heavy atom. The monoisotopic (exact) mass is 536 g/mol. The quantitative estimate of drug-likeness (QED) is 0.480. The summed E-state index contributed by atoms with van der Waals surface area (Å²) in [7, 11) is 0. The normalized spacial score (nSPS) is 24.2. The van der Waals surface area contributed by atoms with Gasteiger partial charge in [-0.25, -0.2) is 0 Å². The number of piperidine rings is 1. The summed E-state index contributed by atoms with van der Waals surface area (Å²) >= 11 is 6.02. The molecule has 0 saturated carbocycles. The number of carbonyl (C=O) groups is 1. The van der Waals surface area contributed by atoms with Crippen LogP contribution in [-0.4, -0.2) is 66.5 Å². The lowest BCUT2D eigenvalue weighted by Gasteiger charge is -2.33. The van der Waals surface area contributed by atoms with Gasteiger partial charge >= 0.3 is 6.18 Å². The smallest absolute Gasteiger partial charge is 0.371 e. The molecule has 37 heavy (non-hydrogen) atoms. The van der Waals surface area contributed by atoms with Gasteiger partial charge < -0.3 is 14.7 Å². The van der Waals surface area contributed by atoms with Crippen LogP contribution in [0.1, 0.15) is 37.8 Å². The maximum Gasteiger partial charge on any atom is 0.417 e. The Balaban J connectivity index is 0.00000320. The number of hydrogen-bond donors (Lipinski definition) is 0. The number of rotatable bonds is 6. The summed E-state index contributed by atoms with van der Waals surface area (Å²) in [5, 5.41) is 0.752. The number of benzene rings is 1. The Bertz CT molecular complexity index is 1050. The van der Waals surface area contributed by atoms with Crippen LogP contribution in [0, 0.1) is 17.8 Å². The van der Waals surface area contributed by atoms with Crippen molar-refractivity contribution in [1.82, 2.24) is 14.8 Å². The first-order valence-corrected chi connectivity index (χ1v) is 13.1. The van der Waals surface area contributed by atoms with Crippen LogP contribution in [0.4, 0.5) is 18.9 Å². The van der Waals surface area contributed by atoms with Gasteiger partial charge in [-0.15, -0.1) is 0 Å². The summed E-state index contributed by atoms with van der Waals surface area (Å²) in [6, 6.07) is 9.21. The SMILES string of the molecule is C.O=C(CCN1CC2CN(c3ccc(Cl)cc3)CC2C1)N1CCC[C@H](Cc2cncc(C(F)(F)F)c2)C1. The van der Waals surface area contributed by atoms with Crippen molar-refractivity contribution in [2.24, 2.45) is 17.8 Å². The fourth-order valence-electron chi connectivity index (χ4n) is 6.09. The molecule has 4 heterocycles. The van der Waals surface area contributed by atoms with Crippen LogP contribution in [0.3, 0.4) is 0 Å². The number of anilines is 1. The molecule has 0 bridgehead atoms. The zero-order valence-electron chi connectivity index (χ0n) is 20.3. The van der Waals surface area contributed by atoms with E-state index < -0.39 is 11.7 Å². The highest BCUT2D eigenvalue weighted by Crippen LogP contribution is 2.34. The molecule has 1 aromatic carbocycles. The number of halogens is 4. The minimum atomic E-state index is -4.39. The molecular formula is C28H36ClF3N4O. The minimum absolute atomic E-state index is 0. The zero-order valence-corrected chi connectivity index (χ0v) is 21.0. The number of hydrogen-bond acceptors (Lipinski definition) is 4. The van der Waals surface area contributed by atoms with E-state index in [9.17, 15) is 18.0 Å². The van der Waals surface area contributed by atoms with Crippen LogP contribution in [-0.2, 0) is 17.4 Å². The second-order valence-corrected chi connectivity index (χ2v) is 11.0. The summed E-state index contributed by atoms with van der Waals surface area (Å²) in [5.74, 6) is 1.56. The average Bonchev–Trinajstić information content (AvgIpc) is 3.42. The molecule has 0 aliphatic carbocycles. The van der Waals surface area contributed by atoms with E-state index in [4.69, 9.17) is 11.6 Å². The minimum Gasteiger partial charge on any atom is -0.371 e. The Kier molecular flexibility index (Phi) is 8.69. The average molecular weight is 537 g/mol. The highest BCUT2D eigenvalue weighted by Gasteiger charge is 2.40. The van der Waals surface area contributed by atoms with E-state index in [2.05, 4.69) is 26.9 Å². The lowest BCUT2D eigenvalue weighted by molar-refractivity contribution is -0.138. The molecule has 3 saturated heterocycles. The number of pyridine rings is 1. The topological polar surface area (TPSA) is 39.7 Å². The van der Waals surface area contributed by atoms with Crippen LogP contribution < -0.4 is 4.90 Å². The second kappa shape index (κ2) is 11.6. The van der Waals surface area contributed by atoms with Gasteiger partial charge in [-0.1, -0.05) is 19.0 Å². The highest BCUT2D eigenvalue weighted by molar-refractivity contribution is 6.30. The van der Waals surface area contributed by atoms with E-state index >= 15 is 0 Å². The van der Waals surface area contributed by atoms with E-state index in [-0.39, 0.29) is 19.3 Å². The second-order valence-electron chi connectivity index (χ2n) is 10.5. The number of alkyl halides is 3. The molecule has 3 aliphatic heterocycles. The van der Waals surface area contributed by atoms with Crippen LogP contribution >= 0.6 is 11.6 Å². The van der Waals surface area contributed by atoms with Crippen molar-refractivity contribution < 1.29 is 18.0 Å². The summed E-state index contributed by atoms with van der Waals surface area (Å²) in [6.07, 6.45) is 0.797. The predicted molar refractivity (Wildman–Crippen MR) is 141 cm³/mol. The molecule has 5 rings (SSSR count). The van der Waals surface area contributed by atoms with Crippen molar-refractivity contribution in [3.05, 3.63) is 58.9 Å². The molecule has 1 amide bonds. The molecule has 2 aromatic rings. The summed E-state index contributed by atoms with van der Waals surface area (Å²) in [5.41, 5.74) is 1.09. The van der Waals surface area contributed by atoms with Crippen molar-refractivity contribution in [2.75, 3.05) is 50.7 Å². The molecule has 0 radical (unpaired) electrons. The third kappa shape index (κ3) is 6.77. The van der Waals surface area contributed by atoms with Gasteiger partial charge in [0.1, 0.15) is 0 Å². The maximum absolute atomic E-state index is 13.0. The predicted octanol–water partition coefficient (Wildman–Crippen LogP) is 5.63. The van der Waals surface area contributed by atoms with Crippen molar-refractivity contribution in [3.63, 3.8) is 0 Å². The van der Waals surface area contributed by atoms with E-state index in [1.54, 1.807) is 0 Å². The third-order valence-electron chi connectivity index (χ3n) is 7.91. The maximum atomic E-state index is 13.0. The Hall–Kier alpha value is -2.32. The molecule has 2 unspecified atom stereocenters. The van der Waals surface area contributed by atoms with Crippen molar-refractivity contribution in [3.8, 4) is 0 Å². The molecule has 0 N–H and O–H groups in total. The largest absolute Gasteiger partial charge is 0.417 e. The van der Waals surface area contributed by atoms with Gasteiger partial charge in [0.05, 0.1) is 5.56 Å². The summed E-state index contributed by atoms with van der Waals surface area (Å²) < 4.78 is 39.0. The lowest BCUT2D eigenvalue weighted by Crippen LogP contribution is -2.42. The molecule has 202 valence electrons. The number of likely N-dealkylation sites (tertiary alicyclic amines) is 2. The molecule has 1 aromatic heterocycles. The van der Waals surface area contributed by atoms with Gasteiger partial charge in [0.25, 0.3) is 0 Å². The van der Waals surface area contributed by atoms with Crippen LogP contribution in [0.2, 0.25) is 5.02 Å².